The van der Waals surface area contributed by atoms with E-state index >= 15 is 0 Å². The van der Waals surface area contributed by atoms with Crippen LogP contribution in [0.2, 0.25) is 5.02 Å². The van der Waals surface area contributed by atoms with Crippen LogP contribution in [-0.2, 0) is 0 Å². The zero-order chi connectivity index (χ0) is 10.4. The van der Waals surface area contributed by atoms with Crippen molar-refractivity contribution < 1.29 is 0 Å². The Labute approximate surface area is 89.9 Å². The molecule has 0 radical (unpaired) electrons. The van der Waals surface area contributed by atoms with Gasteiger partial charge in [0, 0.05) is 6.04 Å². The van der Waals surface area contributed by atoms with Gasteiger partial charge in [0.1, 0.15) is 17.2 Å². The van der Waals surface area contributed by atoms with E-state index in [1.54, 1.807) is 6.20 Å². The van der Waals surface area contributed by atoms with Gasteiger partial charge in [-0.3, -0.25) is 0 Å². The van der Waals surface area contributed by atoms with Crippen LogP contribution in [-0.4, -0.2) is 16.0 Å². The molecule has 0 bridgehead atoms. The zero-order valence-corrected chi connectivity index (χ0v) is 9.38. The highest BCUT2D eigenvalue weighted by Gasteiger charge is 2.07. The molecule has 0 aliphatic carbocycles. The lowest BCUT2D eigenvalue weighted by Gasteiger charge is -2.16. The van der Waals surface area contributed by atoms with Crippen LogP contribution >= 0.6 is 11.6 Å². The number of halogens is 1. The minimum atomic E-state index is 0.451. The Hall–Kier alpha value is -0.830. The number of nitrogens with one attached hydrogen (secondary N) is 1. The van der Waals surface area contributed by atoms with Crippen LogP contribution < -0.4 is 5.32 Å². The van der Waals surface area contributed by atoms with Gasteiger partial charge in [0.05, 0.1) is 6.20 Å². The van der Waals surface area contributed by atoms with Gasteiger partial charge < -0.3 is 5.32 Å². The van der Waals surface area contributed by atoms with E-state index in [9.17, 15) is 0 Å². The Morgan fingerprint density at radius 3 is 2.86 bits per heavy atom. The van der Waals surface area contributed by atoms with Gasteiger partial charge in [-0.1, -0.05) is 31.9 Å². The van der Waals surface area contributed by atoms with Gasteiger partial charge in [0.15, 0.2) is 0 Å². The molecule has 0 aliphatic rings. The molecule has 0 aromatic carbocycles. The number of rotatable bonds is 5. The maximum atomic E-state index is 5.94. The second-order valence-corrected chi connectivity index (χ2v) is 3.66. The fraction of sp³-hybridized carbons (Fsp3) is 0.600. The van der Waals surface area contributed by atoms with Crippen molar-refractivity contribution in [2.75, 3.05) is 5.32 Å². The van der Waals surface area contributed by atoms with Gasteiger partial charge in [-0.2, -0.15) is 0 Å². The molecule has 0 saturated carbocycles. The molecule has 0 saturated heterocycles. The summed E-state index contributed by atoms with van der Waals surface area (Å²) in [5.41, 5.74) is 0. The van der Waals surface area contributed by atoms with Crippen LogP contribution in [0.4, 0.5) is 5.82 Å². The fourth-order valence-corrected chi connectivity index (χ4v) is 1.50. The molecule has 1 N–H and O–H groups in total. The van der Waals surface area contributed by atoms with Crippen molar-refractivity contribution in [1.29, 1.82) is 0 Å². The van der Waals surface area contributed by atoms with E-state index in [4.69, 9.17) is 11.6 Å². The quantitative estimate of drug-likeness (QED) is 0.817. The van der Waals surface area contributed by atoms with Crippen LogP contribution in [0.15, 0.2) is 12.5 Å². The first kappa shape index (κ1) is 11.2. The molecule has 0 spiro atoms. The minimum absolute atomic E-state index is 0.451. The maximum absolute atomic E-state index is 5.94. The first-order valence-corrected chi connectivity index (χ1v) is 5.37. The number of nitrogens with zero attached hydrogens (tertiary/aromatic N) is 2. The molecule has 1 aromatic rings. The van der Waals surface area contributed by atoms with Gasteiger partial charge in [-0.25, -0.2) is 9.97 Å². The number of hydrogen-bond donors (Lipinski definition) is 1. The van der Waals surface area contributed by atoms with Crippen molar-refractivity contribution in [3.8, 4) is 0 Å². The topological polar surface area (TPSA) is 37.8 Å². The lowest BCUT2D eigenvalue weighted by molar-refractivity contribution is 0.620. The van der Waals surface area contributed by atoms with Crippen LogP contribution in [0, 0.1) is 0 Å². The van der Waals surface area contributed by atoms with Gasteiger partial charge in [0.2, 0.25) is 0 Å². The highest BCUT2D eigenvalue weighted by atomic mass is 35.5. The summed E-state index contributed by atoms with van der Waals surface area (Å²) in [4.78, 5) is 7.94. The van der Waals surface area contributed by atoms with E-state index in [1.165, 1.54) is 6.33 Å². The molecule has 1 atom stereocenters. The summed E-state index contributed by atoms with van der Waals surface area (Å²) >= 11 is 5.94. The SMILES string of the molecule is CCCC(CC)Nc1ncncc1Cl. The summed E-state index contributed by atoms with van der Waals surface area (Å²) in [5, 5.41) is 3.90. The van der Waals surface area contributed by atoms with E-state index in [2.05, 4.69) is 29.1 Å². The predicted molar refractivity (Wildman–Crippen MR) is 59.7 cm³/mol. The average Bonchev–Trinajstić information content (AvgIpc) is 2.20. The van der Waals surface area contributed by atoms with Crippen molar-refractivity contribution in [3.05, 3.63) is 17.5 Å². The van der Waals surface area contributed by atoms with Crippen LogP contribution in [0.25, 0.3) is 0 Å². The fourth-order valence-electron chi connectivity index (χ4n) is 1.34. The van der Waals surface area contributed by atoms with E-state index in [0.717, 1.165) is 25.1 Å². The van der Waals surface area contributed by atoms with Gasteiger partial charge >= 0.3 is 0 Å². The molecule has 3 nitrogen and oxygen atoms in total. The molecule has 1 heterocycles. The van der Waals surface area contributed by atoms with Gasteiger partial charge in [-0.05, 0) is 12.8 Å². The van der Waals surface area contributed by atoms with E-state index in [0.29, 0.717) is 11.1 Å². The molecular formula is C10H16ClN3. The van der Waals surface area contributed by atoms with Crippen LogP contribution in [0.1, 0.15) is 33.1 Å². The molecule has 1 rings (SSSR count). The average molecular weight is 214 g/mol. The normalized spacial score (nSPS) is 12.5. The molecule has 78 valence electrons. The third-order valence-corrected chi connectivity index (χ3v) is 2.41. The highest BCUT2D eigenvalue weighted by molar-refractivity contribution is 6.32. The minimum Gasteiger partial charge on any atom is -0.366 e. The van der Waals surface area contributed by atoms with Crippen LogP contribution in [0.5, 0.6) is 0 Å². The summed E-state index contributed by atoms with van der Waals surface area (Å²) in [6.07, 6.45) is 6.49. The van der Waals surface area contributed by atoms with Gasteiger partial charge in [0.25, 0.3) is 0 Å². The summed E-state index contributed by atoms with van der Waals surface area (Å²) < 4.78 is 0. The molecule has 1 aromatic heterocycles. The Kier molecular flexibility index (Phi) is 4.66. The second-order valence-electron chi connectivity index (χ2n) is 3.26. The second kappa shape index (κ2) is 5.81. The maximum Gasteiger partial charge on any atom is 0.148 e. The van der Waals surface area contributed by atoms with Crippen molar-refractivity contribution >= 4 is 17.4 Å². The highest BCUT2D eigenvalue weighted by Crippen LogP contribution is 2.18. The lowest BCUT2D eigenvalue weighted by Crippen LogP contribution is -2.19. The van der Waals surface area contributed by atoms with E-state index < -0.39 is 0 Å². The Balaban J connectivity index is 2.62. The Morgan fingerprint density at radius 1 is 1.50 bits per heavy atom. The molecule has 0 aliphatic heterocycles. The number of hydrogen-bond acceptors (Lipinski definition) is 3. The summed E-state index contributed by atoms with van der Waals surface area (Å²) in [7, 11) is 0. The van der Waals surface area contributed by atoms with Crippen molar-refractivity contribution in [1.82, 2.24) is 9.97 Å². The smallest absolute Gasteiger partial charge is 0.148 e. The molecule has 0 amide bonds. The third-order valence-electron chi connectivity index (χ3n) is 2.14. The van der Waals surface area contributed by atoms with Crippen LogP contribution in [0.3, 0.4) is 0 Å². The van der Waals surface area contributed by atoms with Crippen molar-refractivity contribution in [3.63, 3.8) is 0 Å². The first-order chi connectivity index (χ1) is 6.77. The summed E-state index contributed by atoms with van der Waals surface area (Å²) in [6, 6.07) is 0.451. The Morgan fingerprint density at radius 2 is 2.29 bits per heavy atom. The molecule has 14 heavy (non-hydrogen) atoms. The number of aromatic nitrogens is 2. The van der Waals surface area contributed by atoms with Crippen molar-refractivity contribution in [2.24, 2.45) is 0 Å². The monoisotopic (exact) mass is 213 g/mol. The molecule has 1 unspecified atom stereocenters. The molecular weight excluding hydrogens is 198 g/mol. The standard InChI is InChI=1S/C10H16ClN3/c1-3-5-8(4-2)14-10-9(11)6-12-7-13-10/h6-8H,3-5H2,1-2H3,(H,12,13,14). The third kappa shape index (κ3) is 3.14. The Bertz CT molecular complexity index is 278. The van der Waals surface area contributed by atoms with E-state index in [1.807, 2.05) is 0 Å². The lowest BCUT2D eigenvalue weighted by atomic mass is 10.1. The zero-order valence-electron chi connectivity index (χ0n) is 8.63. The predicted octanol–water partition coefficient (Wildman–Crippen LogP) is 3.12. The first-order valence-electron chi connectivity index (χ1n) is 5.00. The molecule has 4 heteroatoms. The largest absolute Gasteiger partial charge is 0.366 e. The van der Waals surface area contributed by atoms with Crippen molar-refractivity contribution in [2.45, 2.75) is 39.2 Å². The summed E-state index contributed by atoms with van der Waals surface area (Å²) in [6.45, 7) is 4.33. The van der Waals surface area contributed by atoms with Gasteiger partial charge in [-0.15, -0.1) is 0 Å². The number of anilines is 1. The van der Waals surface area contributed by atoms with E-state index in [-0.39, 0.29) is 0 Å². The summed E-state index contributed by atoms with van der Waals surface area (Å²) in [5.74, 6) is 0.738. The molecule has 0 fully saturated rings.